The summed E-state index contributed by atoms with van der Waals surface area (Å²) >= 11 is 0. The summed E-state index contributed by atoms with van der Waals surface area (Å²) in [5.74, 6) is 0.811. The molecule has 1 saturated carbocycles. The van der Waals surface area contributed by atoms with Crippen molar-refractivity contribution in [2.75, 3.05) is 25.5 Å². The van der Waals surface area contributed by atoms with Gasteiger partial charge in [0, 0.05) is 18.3 Å². The van der Waals surface area contributed by atoms with E-state index in [1.165, 1.54) is 12.8 Å². The van der Waals surface area contributed by atoms with E-state index in [-0.39, 0.29) is 0 Å². The van der Waals surface area contributed by atoms with Crippen molar-refractivity contribution in [2.24, 2.45) is 0 Å². The molecular formula is C13H21N3O. The lowest BCUT2D eigenvalue weighted by molar-refractivity contribution is 0.414. The van der Waals surface area contributed by atoms with Crippen molar-refractivity contribution >= 4 is 5.69 Å². The van der Waals surface area contributed by atoms with Crippen LogP contribution in [-0.2, 0) is 0 Å². The first kappa shape index (κ1) is 12.2. The quantitative estimate of drug-likeness (QED) is 0.709. The normalized spacial score (nSPS) is 14.7. The predicted molar refractivity (Wildman–Crippen MR) is 69.7 cm³/mol. The zero-order valence-electron chi connectivity index (χ0n) is 10.6. The van der Waals surface area contributed by atoms with Crippen molar-refractivity contribution < 1.29 is 4.74 Å². The highest BCUT2D eigenvalue weighted by Gasteiger charge is 2.19. The fourth-order valence-corrected chi connectivity index (χ4v) is 1.75. The van der Waals surface area contributed by atoms with Gasteiger partial charge in [0.25, 0.3) is 0 Å². The number of ether oxygens (including phenoxy) is 1. The molecule has 4 heteroatoms. The van der Waals surface area contributed by atoms with E-state index < -0.39 is 0 Å². The monoisotopic (exact) mass is 235 g/mol. The van der Waals surface area contributed by atoms with Gasteiger partial charge in [-0.2, -0.15) is 0 Å². The molecule has 17 heavy (non-hydrogen) atoms. The van der Waals surface area contributed by atoms with Gasteiger partial charge in [-0.05, 0) is 38.8 Å². The topological polar surface area (TPSA) is 46.2 Å². The van der Waals surface area contributed by atoms with Crippen LogP contribution in [0.4, 0.5) is 5.69 Å². The van der Waals surface area contributed by atoms with Gasteiger partial charge < -0.3 is 15.4 Å². The average Bonchev–Trinajstić information content (AvgIpc) is 3.13. The van der Waals surface area contributed by atoms with Crippen molar-refractivity contribution in [3.8, 4) is 5.75 Å². The summed E-state index contributed by atoms with van der Waals surface area (Å²) in [6.07, 6.45) is 5.59. The minimum absolute atomic E-state index is 0.799. The number of anilines is 1. The molecule has 0 radical (unpaired) electrons. The van der Waals surface area contributed by atoms with Gasteiger partial charge in [0.1, 0.15) is 0 Å². The van der Waals surface area contributed by atoms with Crippen LogP contribution in [0.15, 0.2) is 12.3 Å². The van der Waals surface area contributed by atoms with Crippen molar-refractivity contribution in [1.29, 1.82) is 0 Å². The highest BCUT2D eigenvalue weighted by Crippen LogP contribution is 2.23. The number of aromatic nitrogens is 1. The molecule has 0 bridgehead atoms. The summed E-state index contributed by atoms with van der Waals surface area (Å²) in [4.78, 5) is 4.21. The molecule has 0 aromatic carbocycles. The van der Waals surface area contributed by atoms with Gasteiger partial charge in [-0.15, -0.1) is 0 Å². The van der Waals surface area contributed by atoms with Crippen LogP contribution in [0.1, 0.15) is 25.0 Å². The molecule has 0 aliphatic heterocycles. The van der Waals surface area contributed by atoms with Gasteiger partial charge in [-0.3, -0.25) is 4.98 Å². The molecule has 0 spiro atoms. The molecule has 4 nitrogen and oxygen atoms in total. The standard InChI is InChI=1S/C13H21N3O/c1-10-8-12(13(17-2)9-16-10)15-7-3-6-14-11-4-5-11/h8-9,11,14H,3-7H2,1-2H3,(H,15,16). The van der Waals surface area contributed by atoms with Gasteiger partial charge in [0.2, 0.25) is 0 Å². The lowest BCUT2D eigenvalue weighted by Crippen LogP contribution is -2.20. The minimum atomic E-state index is 0.799. The summed E-state index contributed by atoms with van der Waals surface area (Å²) in [5, 5.41) is 6.89. The number of pyridine rings is 1. The molecule has 2 N–H and O–H groups in total. The second kappa shape index (κ2) is 5.87. The maximum Gasteiger partial charge on any atom is 0.160 e. The van der Waals surface area contributed by atoms with Crippen LogP contribution in [0, 0.1) is 6.92 Å². The average molecular weight is 235 g/mol. The third-order valence-electron chi connectivity index (χ3n) is 2.90. The first-order chi connectivity index (χ1) is 8.29. The Labute approximate surface area is 103 Å². The molecule has 1 fully saturated rings. The molecule has 1 aliphatic rings. The SMILES string of the molecule is COc1cnc(C)cc1NCCCNC1CC1. The van der Waals surface area contributed by atoms with Gasteiger partial charge in [0.05, 0.1) is 19.0 Å². The van der Waals surface area contributed by atoms with Gasteiger partial charge in [-0.25, -0.2) is 0 Å². The van der Waals surface area contributed by atoms with E-state index in [0.717, 1.165) is 42.7 Å². The van der Waals surface area contributed by atoms with Crippen LogP contribution >= 0.6 is 0 Å². The van der Waals surface area contributed by atoms with E-state index in [9.17, 15) is 0 Å². The van der Waals surface area contributed by atoms with Crippen LogP contribution in [0.5, 0.6) is 5.75 Å². The number of hydrogen-bond donors (Lipinski definition) is 2. The molecule has 94 valence electrons. The molecule has 1 heterocycles. The highest BCUT2D eigenvalue weighted by atomic mass is 16.5. The number of hydrogen-bond acceptors (Lipinski definition) is 4. The summed E-state index contributed by atoms with van der Waals surface area (Å²) in [6, 6.07) is 2.82. The van der Waals surface area contributed by atoms with Crippen LogP contribution < -0.4 is 15.4 Å². The van der Waals surface area contributed by atoms with Gasteiger partial charge in [-0.1, -0.05) is 0 Å². The zero-order valence-corrected chi connectivity index (χ0v) is 10.6. The smallest absolute Gasteiger partial charge is 0.160 e. The van der Waals surface area contributed by atoms with E-state index in [1.54, 1.807) is 13.3 Å². The zero-order chi connectivity index (χ0) is 12.1. The summed E-state index contributed by atoms with van der Waals surface area (Å²) in [6.45, 7) is 4.03. The second-order valence-electron chi connectivity index (χ2n) is 4.53. The highest BCUT2D eigenvalue weighted by molar-refractivity contribution is 5.55. The Bertz CT molecular complexity index is 364. The Balaban J connectivity index is 1.74. The number of methoxy groups -OCH3 is 1. The molecule has 2 rings (SSSR count). The molecule has 1 aromatic rings. The second-order valence-corrected chi connectivity index (χ2v) is 4.53. The molecule has 1 aliphatic carbocycles. The first-order valence-corrected chi connectivity index (χ1v) is 6.27. The van der Waals surface area contributed by atoms with E-state index >= 15 is 0 Å². The van der Waals surface area contributed by atoms with E-state index in [1.807, 2.05) is 13.0 Å². The largest absolute Gasteiger partial charge is 0.493 e. The summed E-state index contributed by atoms with van der Waals surface area (Å²) in [5.41, 5.74) is 2.04. The third kappa shape index (κ3) is 3.89. The van der Waals surface area contributed by atoms with Crippen molar-refractivity contribution in [1.82, 2.24) is 10.3 Å². The Kier molecular flexibility index (Phi) is 4.20. The Morgan fingerprint density at radius 3 is 2.94 bits per heavy atom. The molecule has 0 unspecified atom stereocenters. The lowest BCUT2D eigenvalue weighted by atomic mass is 10.3. The molecule has 1 aromatic heterocycles. The fourth-order valence-electron chi connectivity index (χ4n) is 1.75. The van der Waals surface area contributed by atoms with Crippen LogP contribution in [0.2, 0.25) is 0 Å². The summed E-state index contributed by atoms with van der Waals surface area (Å²) in [7, 11) is 1.67. The van der Waals surface area contributed by atoms with Gasteiger partial charge in [0.15, 0.2) is 5.75 Å². The maximum atomic E-state index is 5.26. The molecule has 0 saturated heterocycles. The van der Waals surface area contributed by atoms with E-state index in [0.29, 0.717) is 0 Å². The summed E-state index contributed by atoms with van der Waals surface area (Å²) < 4.78 is 5.26. The van der Waals surface area contributed by atoms with Gasteiger partial charge >= 0.3 is 0 Å². The number of rotatable bonds is 7. The van der Waals surface area contributed by atoms with Crippen molar-refractivity contribution in [3.05, 3.63) is 18.0 Å². The maximum absolute atomic E-state index is 5.26. The third-order valence-corrected chi connectivity index (χ3v) is 2.90. The Morgan fingerprint density at radius 2 is 2.24 bits per heavy atom. The van der Waals surface area contributed by atoms with Crippen LogP contribution in [-0.4, -0.2) is 31.2 Å². The molecule has 0 amide bonds. The molecule has 0 atom stereocenters. The van der Waals surface area contributed by atoms with Crippen molar-refractivity contribution in [2.45, 2.75) is 32.2 Å². The number of nitrogens with zero attached hydrogens (tertiary/aromatic N) is 1. The lowest BCUT2D eigenvalue weighted by Gasteiger charge is -2.11. The fraction of sp³-hybridized carbons (Fsp3) is 0.615. The first-order valence-electron chi connectivity index (χ1n) is 6.27. The minimum Gasteiger partial charge on any atom is -0.493 e. The van der Waals surface area contributed by atoms with Crippen LogP contribution in [0.3, 0.4) is 0 Å². The Morgan fingerprint density at radius 1 is 1.41 bits per heavy atom. The van der Waals surface area contributed by atoms with Crippen LogP contribution in [0.25, 0.3) is 0 Å². The Hall–Kier alpha value is -1.29. The van der Waals surface area contributed by atoms with E-state index in [4.69, 9.17) is 4.74 Å². The van der Waals surface area contributed by atoms with Crippen molar-refractivity contribution in [3.63, 3.8) is 0 Å². The number of aryl methyl sites for hydroxylation is 1. The predicted octanol–water partition coefficient (Wildman–Crippen LogP) is 1.95. The van der Waals surface area contributed by atoms with E-state index in [2.05, 4.69) is 15.6 Å². The number of nitrogens with one attached hydrogen (secondary N) is 2. The molecular weight excluding hydrogens is 214 g/mol.